The van der Waals surface area contributed by atoms with Crippen molar-refractivity contribution in [1.29, 1.82) is 0 Å². The molecule has 0 amide bonds. The number of rotatable bonds is 3. The second kappa shape index (κ2) is 4.87. The van der Waals surface area contributed by atoms with E-state index in [0.29, 0.717) is 6.01 Å². The van der Waals surface area contributed by atoms with Crippen LogP contribution >= 0.6 is 0 Å². The van der Waals surface area contributed by atoms with Gasteiger partial charge in [-0.15, -0.1) is 0 Å². The van der Waals surface area contributed by atoms with Crippen molar-refractivity contribution in [1.82, 2.24) is 19.7 Å². The minimum atomic E-state index is 0.275. The maximum absolute atomic E-state index is 5.72. The van der Waals surface area contributed by atoms with E-state index in [1.807, 2.05) is 28.9 Å². The van der Waals surface area contributed by atoms with Gasteiger partial charge in [-0.05, 0) is 18.6 Å². The minimum absolute atomic E-state index is 0.275. The second-order valence-corrected chi connectivity index (χ2v) is 5.35. The zero-order valence-electron chi connectivity index (χ0n) is 11.9. The van der Waals surface area contributed by atoms with Crippen LogP contribution in [0.15, 0.2) is 28.7 Å². The SMILES string of the molecule is CCc1nc2n(n1)C[C@@H](Nc1nc3ccccc3o1)CC2. The third-order valence-electron chi connectivity index (χ3n) is 3.84. The van der Waals surface area contributed by atoms with Crippen LogP contribution in [0.1, 0.15) is 25.0 Å². The maximum atomic E-state index is 5.72. The fourth-order valence-corrected chi connectivity index (χ4v) is 2.74. The fraction of sp³-hybridized carbons (Fsp3) is 0.400. The number of benzene rings is 1. The molecule has 1 aliphatic rings. The Morgan fingerprint density at radius 1 is 1.33 bits per heavy atom. The Kier molecular flexibility index (Phi) is 2.87. The van der Waals surface area contributed by atoms with Gasteiger partial charge in [0.25, 0.3) is 6.01 Å². The lowest BCUT2D eigenvalue weighted by Gasteiger charge is -2.22. The second-order valence-electron chi connectivity index (χ2n) is 5.35. The van der Waals surface area contributed by atoms with Gasteiger partial charge in [-0.25, -0.2) is 9.67 Å². The lowest BCUT2D eigenvalue weighted by atomic mass is 10.1. The highest BCUT2D eigenvalue weighted by atomic mass is 16.4. The van der Waals surface area contributed by atoms with E-state index in [2.05, 4.69) is 27.3 Å². The van der Waals surface area contributed by atoms with Crippen molar-refractivity contribution in [2.45, 2.75) is 38.8 Å². The average molecular weight is 283 g/mol. The molecule has 1 aliphatic heterocycles. The highest BCUT2D eigenvalue weighted by Crippen LogP contribution is 2.21. The maximum Gasteiger partial charge on any atom is 0.295 e. The van der Waals surface area contributed by atoms with E-state index in [1.165, 1.54) is 0 Å². The van der Waals surface area contributed by atoms with E-state index in [-0.39, 0.29) is 6.04 Å². The molecule has 4 rings (SSSR count). The van der Waals surface area contributed by atoms with E-state index in [1.54, 1.807) is 0 Å². The Morgan fingerprint density at radius 3 is 3.10 bits per heavy atom. The first-order chi connectivity index (χ1) is 10.3. The number of oxazole rings is 1. The zero-order chi connectivity index (χ0) is 14.2. The molecule has 1 N–H and O–H groups in total. The third-order valence-corrected chi connectivity index (χ3v) is 3.84. The van der Waals surface area contributed by atoms with Gasteiger partial charge in [0, 0.05) is 12.8 Å². The standard InChI is InChI=1S/C15H17N5O/c1-2-13-18-14-8-7-10(9-20(14)19-13)16-15-17-11-5-3-4-6-12(11)21-15/h3-6,10H,2,7-9H2,1H3,(H,16,17)/t10-/m0/s1. The topological polar surface area (TPSA) is 68.8 Å². The molecule has 0 radical (unpaired) electrons. The first kappa shape index (κ1) is 12.4. The first-order valence-electron chi connectivity index (χ1n) is 7.36. The predicted molar refractivity (Wildman–Crippen MR) is 79.1 cm³/mol. The number of fused-ring (bicyclic) bond motifs is 2. The van der Waals surface area contributed by atoms with Crippen LogP contribution in [0.25, 0.3) is 11.1 Å². The number of aromatic nitrogens is 4. The number of nitrogens with one attached hydrogen (secondary N) is 1. The van der Waals surface area contributed by atoms with Crippen LogP contribution in [0.3, 0.4) is 0 Å². The minimum Gasteiger partial charge on any atom is -0.424 e. The molecule has 108 valence electrons. The highest BCUT2D eigenvalue weighted by molar-refractivity contribution is 5.74. The molecule has 1 aromatic carbocycles. The van der Waals surface area contributed by atoms with Crippen molar-refractivity contribution in [3.8, 4) is 0 Å². The van der Waals surface area contributed by atoms with Gasteiger partial charge in [0.05, 0.1) is 12.6 Å². The van der Waals surface area contributed by atoms with Gasteiger partial charge < -0.3 is 9.73 Å². The Bertz CT molecular complexity index is 742. The lowest BCUT2D eigenvalue weighted by molar-refractivity contribution is 0.431. The van der Waals surface area contributed by atoms with Crippen LogP contribution < -0.4 is 5.32 Å². The monoisotopic (exact) mass is 283 g/mol. The molecule has 2 aromatic heterocycles. The Hall–Kier alpha value is -2.37. The van der Waals surface area contributed by atoms with Crippen molar-refractivity contribution in [3.05, 3.63) is 35.9 Å². The van der Waals surface area contributed by atoms with Crippen molar-refractivity contribution in [2.24, 2.45) is 0 Å². The normalized spacial score (nSPS) is 17.9. The van der Waals surface area contributed by atoms with Gasteiger partial charge in [-0.1, -0.05) is 19.1 Å². The summed E-state index contributed by atoms with van der Waals surface area (Å²) < 4.78 is 7.72. The summed E-state index contributed by atoms with van der Waals surface area (Å²) in [7, 11) is 0. The number of hydrogen-bond donors (Lipinski definition) is 1. The quantitative estimate of drug-likeness (QED) is 0.799. The fourth-order valence-electron chi connectivity index (χ4n) is 2.74. The van der Waals surface area contributed by atoms with Crippen molar-refractivity contribution in [3.63, 3.8) is 0 Å². The van der Waals surface area contributed by atoms with Gasteiger partial charge in [0.15, 0.2) is 11.4 Å². The molecule has 0 saturated heterocycles. The van der Waals surface area contributed by atoms with Crippen LogP contribution in [0.2, 0.25) is 0 Å². The van der Waals surface area contributed by atoms with Gasteiger partial charge >= 0.3 is 0 Å². The molecule has 21 heavy (non-hydrogen) atoms. The summed E-state index contributed by atoms with van der Waals surface area (Å²) in [5, 5.41) is 7.89. The lowest BCUT2D eigenvalue weighted by Crippen LogP contribution is -2.32. The van der Waals surface area contributed by atoms with Gasteiger partial charge in [0.1, 0.15) is 11.3 Å². The Labute approximate surface area is 122 Å². The molecular weight excluding hydrogens is 266 g/mol. The summed E-state index contributed by atoms with van der Waals surface area (Å²) in [6.07, 6.45) is 2.83. The summed E-state index contributed by atoms with van der Waals surface area (Å²) in [6.45, 7) is 2.89. The van der Waals surface area contributed by atoms with Crippen LogP contribution in [0.5, 0.6) is 0 Å². The molecular formula is C15H17N5O. The van der Waals surface area contributed by atoms with E-state index >= 15 is 0 Å². The molecule has 0 unspecified atom stereocenters. The summed E-state index contributed by atoms with van der Waals surface area (Å²) in [5.74, 6) is 2.01. The van der Waals surface area contributed by atoms with Crippen molar-refractivity contribution in [2.75, 3.05) is 5.32 Å². The number of aryl methyl sites for hydroxylation is 2. The molecule has 0 fully saturated rings. The molecule has 0 saturated carbocycles. The highest BCUT2D eigenvalue weighted by Gasteiger charge is 2.22. The molecule has 0 aliphatic carbocycles. The predicted octanol–water partition coefficient (Wildman–Crippen LogP) is 2.41. The van der Waals surface area contributed by atoms with Crippen molar-refractivity contribution < 1.29 is 4.42 Å². The zero-order valence-corrected chi connectivity index (χ0v) is 11.9. The number of nitrogens with zero attached hydrogens (tertiary/aromatic N) is 4. The van der Waals surface area contributed by atoms with E-state index in [4.69, 9.17) is 4.42 Å². The first-order valence-corrected chi connectivity index (χ1v) is 7.36. The molecule has 3 aromatic rings. The Morgan fingerprint density at radius 2 is 2.24 bits per heavy atom. The van der Waals surface area contributed by atoms with E-state index in [9.17, 15) is 0 Å². The van der Waals surface area contributed by atoms with Crippen LogP contribution in [0, 0.1) is 0 Å². The number of hydrogen-bond acceptors (Lipinski definition) is 5. The van der Waals surface area contributed by atoms with E-state index < -0.39 is 0 Å². The summed E-state index contributed by atoms with van der Waals surface area (Å²) >= 11 is 0. The summed E-state index contributed by atoms with van der Waals surface area (Å²) in [5.41, 5.74) is 1.69. The largest absolute Gasteiger partial charge is 0.424 e. The van der Waals surface area contributed by atoms with Crippen LogP contribution in [-0.4, -0.2) is 25.8 Å². The smallest absolute Gasteiger partial charge is 0.295 e. The summed E-state index contributed by atoms with van der Waals surface area (Å²) in [4.78, 5) is 8.99. The summed E-state index contributed by atoms with van der Waals surface area (Å²) in [6, 6.07) is 8.65. The molecule has 6 nitrogen and oxygen atoms in total. The van der Waals surface area contributed by atoms with Crippen LogP contribution in [-0.2, 0) is 19.4 Å². The average Bonchev–Trinajstić information content (AvgIpc) is 3.09. The van der Waals surface area contributed by atoms with Gasteiger partial charge in [-0.2, -0.15) is 10.1 Å². The number of para-hydroxylation sites is 2. The third kappa shape index (κ3) is 2.26. The number of anilines is 1. The van der Waals surface area contributed by atoms with E-state index in [0.717, 1.165) is 48.6 Å². The van der Waals surface area contributed by atoms with Crippen molar-refractivity contribution >= 4 is 17.1 Å². The molecule has 6 heteroatoms. The van der Waals surface area contributed by atoms with Gasteiger partial charge in [-0.3, -0.25) is 0 Å². The molecule has 0 bridgehead atoms. The van der Waals surface area contributed by atoms with Crippen LogP contribution in [0.4, 0.5) is 6.01 Å². The Balaban J connectivity index is 1.52. The molecule has 0 spiro atoms. The molecule has 3 heterocycles. The molecule has 1 atom stereocenters. The van der Waals surface area contributed by atoms with Gasteiger partial charge in [0.2, 0.25) is 0 Å².